The molecule has 26 nitrogen and oxygen atoms in total. The predicted molar refractivity (Wildman–Crippen MR) is 95.2 cm³/mol. The minimum Gasteiger partial charge on any atom is -0.809 e. The van der Waals surface area contributed by atoms with Crippen LogP contribution in [0.5, 0.6) is 0 Å². The van der Waals surface area contributed by atoms with E-state index in [0.29, 0.717) is 0 Å². The van der Waals surface area contributed by atoms with Gasteiger partial charge in [0.05, 0.1) is 22.1 Å². The molecule has 0 aliphatic carbocycles. The second-order valence-electron chi connectivity index (χ2n) is 7.18. The van der Waals surface area contributed by atoms with Gasteiger partial charge in [-0.1, -0.05) is 0 Å². The van der Waals surface area contributed by atoms with Crippen molar-refractivity contribution in [1.82, 2.24) is 9.80 Å². The molecule has 0 N–H and O–H groups in total. The summed E-state index contributed by atoms with van der Waals surface area (Å²) < 4.78 is 91.3. The first-order valence-electron chi connectivity index (χ1n) is 8.61. The Bertz CT molecular complexity index is 1060. The monoisotopic (exact) mass is 1100 g/mol. The van der Waals surface area contributed by atoms with Crippen LogP contribution >= 0.6 is 60.8 Å². The van der Waals surface area contributed by atoms with Crippen molar-refractivity contribution >= 4 is 98.5 Å². The summed E-state index contributed by atoms with van der Waals surface area (Å²) in [5.41, 5.74) is -18.9. The van der Waals surface area contributed by atoms with E-state index in [1.807, 2.05) is 0 Å². The van der Waals surface area contributed by atoms with E-state index in [2.05, 4.69) is 0 Å². The average Bonchev–Trinajstić information content (AvgIpc) is 2.48. The van der Waals surface area contributed by atoms with Crippen LogP contribution in [0.4, 0.5) is 0 Å². The van der Waals surface area contributed by atoms with E-state index < -0.39 is 106 Å². The summed E-state index contributed by atoms with van der Waals surface area (Å²) in [6.07, 6.45) is 0. The zero-order valence-corrected chi connectivity index (χ0v) is 70.1. The van der Waals surface area contributed by atoms with Gasteiger partial charge in [0.15, 0.2) is 0 Å². The van der Waals surface area contributed by atoms with Gasteiger partial charge in [-0.3, -0.25) is 9.80 Å². The number of rotatable bonds is 15. The molecule has 242 valence electrons. The molecule has 0 atom stereocenters. The van der Waals surface area contributed by atoms with E-state index in [9.17, 15) is 115 Å². The van der Waals surface area contributed by atoms with Gasteiger partial charge in [0.1, 0.15) is 0 Å². The summed E-state index contributed by atoms with van der Waals surface area (Å²) in [5.74, 6) is 0. The zero-order chi connectivity index (χ0) is 32.9. The smallest absolute Gasteiger partial charge is 0.809 e. The second kappa shape index (κ2) is 47.6. The molecule has 0 saturated carbocycles. The van der Waals surface area contributed by atoms with Gasteiger partial charge in [-0.25, -0.2) is 0 Å². The summed E-state index contributed by atoms with van der Waals surface area (Å²) in [4.78, 5) is 179. The van der Waals surface area contributed by atoms with Crippen LogP contribution in [0.25, 0.3) is 0 Å². The summed E-state index contributed by atoms with van der Waals surface area (Å²) in [7, 11) is -59.0. The van der Waals surface area contributed by atoms with Gasteiger partial charge in [0.2, 0.25) is 0 Å². The molecule has 0 aliphatic heterocycles. The van der Waals surface area contributed by atoms with Crippen molar-refractivity contribution in [2.75, 3.05) is 13.1 Å². The Morgan fingerprint density at radius 3 is 0.382 bits per heavy atom. The number of hydrogen-bond donors (Lipinski definition) is 0. The topological polar surface area (TPSA) is 512 Å². The quantitative estimate of drug-likeness (QED) is 0.109. The Balaban J connectivity index is -0.0000000724. The Kier molecular flexibility index (Phi) is 99.7. The molecular formula is C6H8CaN2Na14O24P8. The minimum absolute atomic E-state index is 0. The Hall–Kier alpha value is 16.4. The van der Waals surface area contributed by atoms with Crippen LogP contribution in [0.15, 0.2) is 0 Å². The fourth-order valence-corrected chi connectivity index (χ4v) is 14.4. The van der Waals surface area contributed by atoms with Crippen molar-refractivity contribution in [3.63, 3.8) is 0 Å². The molecule has 49 heteroatoms. The fourth-order valence-electron chi connectivity index (χ4n) is 3.08. The molecule has 0 unspecified atom stereocenters. The van der Waals surface area contributed by atoms with Crippen LogP contribution in [-0.2, 0) is 36.5 Å². The van der Waals surface area contributed by atoms with Gasteiger partial charge in [-0.2, -0.15) is 0 Å². The molecule has 55 heavy (non-hydrogen) atoms. The molecule has 0 bridgehead atoms. The maximum Gasteiger partial charge on any atom is 2.00 e. The van der Waals surface area contributed by atoms with E-state index in [-0.39, 0.29) is 452 Å². The van der Waals surface area contributed by atoms with E-state index in [0.717, 1.165) is 0 Å². The zero-order valence-electron chi connectivity index (χ0n) is 32.7. The van der Waals surface area contributed by atoms with Gasteiger partial charge in [0.25, 0.3) is 0 Å². The average molecular weight is 1100 g/mol. The first-order valence-corrected chi connectivity index (χ1v) is 21.5. The van der Waals surface area contributed by atoms with Crippen molar-refractivity contribution in [2.45, 2.75) is 22.1 Å². The maximum absolute atomic E-state index is 11.4. The molecular weight excluding hydrogens is 1090 g/mol. The van der Waals surface area contributed by atoms with Crippen molar-refractivity contribution in [3.05, 3.63) is 0 Å². The summed E-state index contributed by atoms with van der Waals surface area (Å²) in [5, 5.41) is 0. The molecule has 0 saturated heterocycles. The molecule has 0 heterocycles. The molecule has 0 spiro atoms. The summed E-state index contributed by atoms with van der Waals surface area (Å²) in [6.45, 7) is -5.62. The third kappa shape index (κ3) is 45.1. The first kappa shape index (κ1) is 115. The summed E-state index contributed by atoms with van der Waals surface area (Å²) >= 11 is 0. The Labute approximate surface area is 654 Å². The van der Waals surface area contributed by atoms with Crippen LogP contribution in [0.1, 0.15) is 0 Å². The standard InChI is InChI=1S/C6H24N2O24P8.Ca.14Na/c9-33(10,11)3(34(12,13)14)7(4(35(15,16)17)36(18,19)20)1-2-8(5(37(21,22)23)38(24,25)26)6(39(27,28)29)40(30,31)32;;;;;;;;;;;;;;;/h3-6H,1-2H2,(H2,9,10,11)(H2,12,13,14)(H2,15,16,17)(H2,18,19,20)(H2,21,22,23)(H2,24,25,26)(H2,27,28,29)(H2,30,31,32);;;;;;;;;;;;;;;/q;+2;14*+1/p-16. The van der Waals surface area contributed by atoms with Gasteiger partial charge >= 0.3 is 452 Å². The SMILES string of the molecule is O=P([O-])([O-])C(N(CCN(C(P(=O)([O-])[O-])P(=O)([O-])[O-])C(P(=O)([O-])[O-])P(=O)([O-])[O-])C(P(=O)([O-])[O-])P(=O)([O-])[O-])P(=O)([O-])[O-].[Ca+2].[Na+].[Na+].[Na+].[Na+].[Na+].[Na+].[Na+].[Na+].[Na+].[Na+].[Na+].[Na+].[Na+].[Na+]. The van der Waals surface area contributed by atoms with Gasteiger partial charge in [-0.05, 0) is 60.8 Å². The maximum atomic E-state index is 11.4. The van der Waals surface area contributed by atoms with Crippen LogP contribution in [0.2, 0.25) is 0 Å². The largest absolute Gasteiger partial charge is 2.00 e. The molecule has 0 radical (unpaired) electrons. The molecule has 0 amide bonds. The first-order chi connectivity index (χ1) is 17.0. The van der Waals surface area contributed by atoms with Gasteiger partial charge in [-0.15, -0.1) is 0 Å². The second-order valence-corrected chi connectivity index (χ2v) is 21.4. The van der Waals surface area contributed by atoms with Gasteiger partial charge < -0.3 is 115 Å². The number of nitrogens with zero attached hydrogens (tertiary/aromatic N) is 2. The van der Waals surface area contributed by atoms with Gasteiger partial charge in [0, 0.05) is 13.1 Å². The molecule has 0 rings (SSSR count). The molecule has 0 aliphatic rings. The van der Waals surface area contributed by atoms with E-state index >= 15 is 0 Å². The third-order valence-electron chi connectivity index (χ3n) is 4.07. The molecule has 0 aromatic carbocycles. The van der Waals surface area contributed by atoms with E-state index in [1.165, 1.54) is 0 Å². The molecule has 0 aromatic rings. The van der Waals surface area contributed by atoms with Crippen molar-refractivity contribution in [1.29, 1.82) is 0 Å². The van der Waals surface area contributed by atoms with E-state index in [1.54, 1.807) is 0 Å². The molecule has 0 aromatic heterocycles. The summed E-state index contributed by atoms with van der Waals surface area (Å²) in [6, 6.07) is 0. The van der Waals surface area contributed by atoms with Crippen molar-refractivity contribution in [2.24, 2.45) is 0 Å². The fraction of sp³-hybridized carbons (Fsp3) is 1.00. The van der Waals surface area contributed by atoms with Crippen LogP contribution in [-0.4, -0.2) is 82.7 Å². The van der Waals surface area contributed by atoms with Crippen molar-refractivity contribution < 1.29 is 529 Å². The molecule has 0 fully saturated rings. The Morgan fingerprint density at radius 1 is 0.255 bits per heavy atom. The third-order valence-corrected chi connectivity index (χ3v) is 17.8. The van der Waals surface area contributed by atoms with Crippen LogP contribution in [0.3, 0.4) is 0 Å². The normalized spacial score (nSPS) is 11.5. The predicted octanol–water partition coefficient (Wildman–Crippen LogP) is -56.3. The van der Waals surface area contributed by atoms with E-state index in [4.69, 9.17) is 0 Å². The van der Waals surface area contributed by atoms with Crippen LogP contribution < -0.4 is 492 Å². The Morgan fingerprint density at radius 2 is 0.327 bits per heavy atom. The van der Waals surface area contributed by atoms with Crippen LogP contribution in [0, 0.1) is 0 Å². The minimum atomic E-state index is -7.38. The number of hydrogen-bond acceptors (Lipinski definition) is 26. The van der Waals surface area contributed by atoms with Crippen molar-refractivity contribution in [3.8, 4) is 0 Å².